The van der Waals surface area contributed by atoms with Crippen LogP contribution in [0.4, 0.5) is 4.79 Å². The molecule has 1 heterocycles. The van der Waals surface area contributed by atoms with Gasteiger partial charge in [0.2, 0.25) is 15.9 Å². The Hall–Kier alpha value is -2.24. The molecule has 0 radical (unpaired) electrons. The number of hydrogen-bond donors (Lipinski definition) is 2. The number of hydrogen-bond acceptors (Lipinski definition) is 7. The van der Waals surface area contributed by atoms with Gasteiger partial charge in [0.25, 0.3) is 0 Å². The molecule has 222 valence electrons. The Balaban J connectivity index is 2.02. The number of Topliss-reactive ketones (excluding diaryl/α,β-unsaturated/α-hetero) is 1. The minimum Gasteiger partial charge on any atom is -0.444 e. The van der Waals surface area contributed by atoms with E-state index in [1.54, 1.807) is 17.1 Å². The summed E-state index contributed by atoms with van der Waals surface area (Å²) in [4.78, 5) is 39.3. The van der Waals surface area contributed by atoms with Crippen LogP contribution in [0.15, 0.2) is 23.8 Å². The number of aliphatic hydroxyl groups excluding tert-OH is 1. The number of nitrogens with one attached hydrogen (secondary N) is 1. The summed E-state index contributed by atoms with van der Waals surface area (Å²) >= 11 is 0. The van der Waals surface area contributed by atoms with E-state index in [1.807, 2.05) is 41.5 Å². The number of piperidine rings is 1. The standard InChI is InChI=1S/C28H47N3O7S/c1-7-14-31(17-13-21-9-8-10-24(32)25(21)33)39(36,37)19-23(18-20(2)3)29-26(34)22-11-15-30(16-12-22)27(35)38-28(4,5)6/h8-10,20,22-24,32H,7,11-19H2,1-6H3,(H,29,34). The fourth-order valence-electron chi connectivity index (χ4n) is 4.79. The quantitative estimate of drug-likeness (QED) is 0.369. The van der Waals surface area contributed by atoms with Gasteiger partial charge in [-0.25, -0.2) is 17.5 Å². The van der Waals surface area contributed by atoms with E-state index in [0.29, 0.717) is 50.9 Å². The summed E-state index contributed by atoms with van der Waals surface area (Å²) in [7, 11) is -3.74. The average Bonchev–Trinajstić information content (AvgIpc) is 2.82. The third-order valence-corrected chi connectivity index (χ3v) is 8.68. The molecule has 1 aliphatic heterocycles. The Morgan fingerprint density at radius 2 is 1.85 bits per heavy atom. The molecular formula is C28H47N3O7S. The van der Waals surface area contributed by atoms with Crippen molar-refractivity contribution in [2.75, 3.05) is 31.9 Å². The number of ether oxygens (including phenoxy) is 1. The Kier molecular flexibility index (Phi) is 12.2. The number of sulfonamides is 1. The minimum absolute atomic E-state index is 0.125. The van der Waals surface area contributed by atoms with Gasteiger partial charge < -0.3 is 20.1 Å². The third kappa shape index (κ3) is 10.7. The van der Waals surface area contributed by atoms with Crippen molar-refractivity contribution >= 4 is 27.8 Å². The highest BCUT2D eigenvalue weighted by molar-refractivity contribution is 7.89. The largest absolute Gasteiger partial charge is 0.444 e. The van der Waals surface area contributed by atoms with Crippen molar-refractivity contribution in [3.63, 3.8) is 0 Å². The van der Waals surface area contributed by atoms with Crippen LogP contribution in [0, 0.1) is 11.8 Å². The van der Waals surface area contributed by atoms with Gasteiger partial charge >= 0.3 is 6.09 Å². The molecule has 10 nitrogen and oxygen atoms in total. The lowest BCUT2D eigenvalue weighted by atomic mass is 9.95. The van der Waals surface area contributed by atoms with Crippen molar-refractivity contribution in [3.05, 3.63) is 23.8 Å². The monoisotopic (exact) mass is 569 g/mol. The number of likely N-dealkylation sites (tertiary alicyclic amines) is 1. The van der Waals surface area contributed by atoms with Crippen molar-refractivity contribution in [1.82, 2.24) is 14.5 Å². The van der Waals surface area contributed by atoms with Gasteiger partial charge in [-0.15, -0.1) is 0 Å². The summed E-state index contributed by atoms with van der Waals surface area (Å²) < 4.78 is 33.7. The van der Waals surface area contributed by atoms with Gasteiger partial charge in [-0.3, -0.25) is 9.59 Å². The van der Waals surface area contributed by atoms with E-state index in [2.05, 4.69) is 5.32 Å². The number of carbonyl (C=O) groups excluding carboxylic acids is 3. The Morgan fingerprint density at radius 1 is 1.21 bits per heavy atom. The molecule has 0 aromatic rings. The Morgan fingerprint density at radius 3 is 2.41 bits per heavy atom. The molecule has 2 amide bonds. The smallest absolute Gasteiger partial charge is 0.410 e. The lowest BCUT2D eigenvalue weighted by Gasteiger charge is -2.34. The van der Waals surface area contributed by atoms with Crippen LogP contribution < -0.4 is 5.32 Å². The number of ketones is 1. The fraction of sp³-hybridized carbons (Fsp3) is 0.750. The van der Waals surface area contributed by atoms with E-state index in [1.165, 1.54) is 10.4 Å². The summed E-state index contributed by atoms with van der Waals surface area (Å²) in [5.74, 6) is -0.980. The average molecular weight is 570 g/mol. The maximum Gasteiger partial charge on any atom is 0.410 e. The predicted molar refractivity (Wildman–Crippen MR) is 150 cm³/mol. The van der Waals surface area contributed by atoms with Gasteiger partial charge in [-0.2, -0.15) is 0 Å². The van der Waals surface area contributed by atoms with E-state index in [0.717, 1.165) is 0 Å². The number of carbonyl (C=O) groups is 3. The van der Waals surface area contributed by atoms with Crippen LogP contribution in [0.1, 0.15) is 73.6 Å². The molecule has 1 fully saturated rings. The molecule has 0 saturated carbocycles. The first-order chi connectivity index (χ1) is 18.1. The number of rotatable bonds is 12. The van der Waals surface area contributed by atoms with Gasteiger partial charge in [0.05, 0.1) is 5.75 Å². The molecule has 2 rings (SSSR count). The highest BCUT2D eigenvalue weighted by Crippen LogP contribution is 2.22. The van der Waals surface area contributed by atoms with Crippen LogP contribution in [-0.2, 0) is 24.3 Å². The molecular weight excluding hydrogens is 522 g/mol. The summed E-state index contributed by atoms with van der Waals surface area (Å²) in [6.07, 6.45) is 5.31. The molecule has 39 heavy (non-hydrogen) atoms. The number of aliphatic hydroxyl groups is 1. The second-order valence-corrected chi connectivity index (χ2v) is 13.9. The first-order valence-corrected chi connectivity index (χ1v) is 15.6. The normalized spacial score (nSPS) is 19.8. The molecule has 2 N–H and O–H groups in total. The number of allylic oxidation sites excluding steroid dienone is 2. The van der Waals surface area contributed by atoms with Crippen molar-refractivity contribution < 1.29 is 32.6 Å². The molecule has 0 spiro atoms. The number of nitrogens with zero attached hydrogens (tertiary/aromatic N) is 2. The highest BCUT2D eigenvalue weighted by atomic mass is 32.2. The number of amides is 2. The van der Waals surface area contributed by atoms with E-state index in [9.17, 15) is 27.9 Å². The fourth-order valence-corrected chi connectivity index (χ4v) is 6.56. The third-order valence-electron chi connectivity index (χ3n) is 6.70. The zero-order valence-electron chi connectivity index (χ0n) is 24.3. The molecule has 2 aliphatic rings. The minimum atomic E-state index is -3.74. The lowest BCUT2D eigenvalue weighted by molar-refractivity contribution is -0.127. The van der Waals surface area contributed by atoms with Crippen LogP contribution in [-0.4, -0.2) is 90.2 Å². The summed E-state index contributed by atoms with van der Waals surface area (Å²) in [5.41, 5.74) is -0.195. The van der Waals surface area contributed by atoms with Crippen molar-refractivity contribution in [2.24, 2.45) is 11.8 Å². The second kappa shape index (κ2) is 14.4. The zero-order chi connectivity index (χ0) is 29.4. The SMILES string of the molecule is CCCN(CCC1=CC=CC(O)C1=O)S(=O)(=O)CC(CC(C)C)NC(=O)C1CCN(C(=O)OC(C)(C)C)CC1. The van der Waals surface area contributed by atoms with E-state index in [-0.39, 0.29) is 36.5 Å². The molecule has 11 heteroatoms. The molecule has 1 aliphatic carbocycles. The summed E-state index contributed by atoms with van der Waals surface area (Å²) in [5, 5.41) is 12.8. The topological polar surface area (TPSA) is 133 Å². The van der Waals surface area contributed by atoms with Crippen molar-refractivity contribution in [2.45, 2.75) is 91.4 Å². The van der Waals surface area contributed by atoms with Crippen LogP contribution >= 0.6 is 0 Å². The zero-order valence-corrected chi connectivity index (χ0v) is 25.1. The predicted octanol–water partition coefficient (Wildman–Crippen LogP) is 3.02. The molecule has 0 bridgehead atoms. The van der Waals surface area contributed by atoms with Crippen LogP contribution in [0.2, 0.25) is 0 Å². The van der Waals surface area contributed by atoms with Gasteiger partial charge in [0.1, 0.15) is 11.7 Å². The van der Waals surface area contributed by atoms with Gasteiger partial charge in [0.15, 0.2) is 5.78 Å². The summed E-state index contributed by atoms with van der Waals surface area (Å²) in [6, 6.07) is -0.564. The van der Waals surface area contributed by atoms with Crippen molar-refractivity contribution in [1.29, 1.82) is 0 Å². The Bertz CT molecular complexity index is 1020. The Labute approximate surface area is 233 Å². The first kappa shape index (κ1) is 33.0. The molecule has 2 unspecified atom stereocenters. The molecule has 0 aromatic heterocycles. The molecule has 1 saturated heterocycles. The molecule has 0 aromatic carbocycles. The highest BCUT2D eigenvalue weighted by Gasteiger charge is 2.33. The summed E-state index contributed by atoms with van der Waals surface area (Å²) in [6.45, 7) is 12.5. The first-order valence-electron chi connectivity index (χ1n) is 14.0. The van der Waals surface area contributed by atoms with Crippen molar-refractivity contribution in [3.8, 4) is 0 Å². The van der Waals surface area contributed by atoms with E-state index < -0.39 is 39.6 Å². The van der Waals surface area contributed by atoms with Crippen LogP contribution in [0.5, 0.6) is 0 Å². The van der Waals surface area contributed by atoms with Gasteiger partial charge in [-0.05, 0) is 70.4 Å². The molecule has 2 atom stereocenters. The van der Waals surface area contributed by atoms with Gasteiger partial charge in [0, 0.05) is 38.1 Å². The van der Waals surface area contributed by atoms with Gasteiger partial charge in [-0.1, -0.05) is 32.9 Å². The maximum absolute atomic E-state index is 13.5. The van der Waals surface area contributed by atoms with E-state index in [4.69, 9.17) is 4.74 Å². The maximum atomic E-state index is 13.5. The lowest BCUT2D eigenvalue weighted by Crippen LogP contribution is -2.49. The second-order valence-electron chi connectivity index (χ2n) is 11.9. The van der Waals surface area contributed by atoms with Crippen LogP contribution in [0.3, 0.4) is 0 Å². The van der Waals surface area contributed by atoms with E-state index >= 15 is 0 Å². The van der Waals surface area contributed by atoms with Crippen LogP contribution in [0.25, 0.3) is 0 Å².